The molecule has 6 nitrogen and oxygen atoms in total. The standard InChI is InChI=1S/C50H32N6/c1-5-16-34(17-6-1)47-52-48(35-18-7-2-8-19-35)54-49(53-47)36-20-15-21-37(32-36)50-51-46-43(56(50)39-24-11-4-12-25-39)31-29-33-28-30-42-45(44(33)46)40-26-13-14-27-41(40)55(42)38-22-9-3-10-23-38/h1-32H. The topological polar surface area (TPSA) is 61.4 Å². The first-order valence-electron chi connectivity index (χ1n) is 18.7. The van der Waals surface area contributed by atoms with Gasteiger partial charge in [0.2, 0.25) is 0 Å². The van der Waals surface area contributed by atoms with Crippen molar-refractivity contribution in [3.05, 3.63) is 194 Å². The van der Waals surface area contributed by atoms with E-state index in [-0.39, 0.29) is 0 Å². The molecule has 0 aliphatic rings. The number of hydrogen-bond acceptors (Lipinski definition) is 4. The van der Waals surface area contributed by atoms with Crippen LogP contribution in [0.2, 0.25) is 0 Å². The van der Waals surface area contributed by atoms with Gasteiger partial charge in [-0.15, -0.1) is 0 Å². The van der Waals surface area contributed by atoms with Crippen LogP contribution in [0.25, 0.3) is 101 Å². The van der Waals surface area contributed by atoms with Crippen molar-refractivity contribution in [1.82, 2.24) is 29.1 Å². The highest BCUT2D eigenvalue weighted by Gasteiger charge is 2.22. The van der Waals surface area contributed by atoms with Crippen LogP contribution in [0, 0.1) is 0 Å². The summed E-state index contributed by atoms with van der Waals surface area (Å²) >= 11 is 0. The lowest BCUT2D eigenvalue weighted by Crippen LogP contribution is -2.01. The molecule has 0 amide bonds. The third kappa shape index (κ3) is 5.19. The fourth-order valence-corrected chi connectivity index (χ4v) is 8.03. The first-order valence-corrected chi connectivity index (χ1v) is 18.7. The molecule has 56 heavy (non-hydrogen) atoms. The quantitative estimate of drug-likeness (QED) is 0.172. The fraction of sp³-hybridized carbons (Fsp3) is 0. The maximum atomic E-state index is 5.59. The molecule has 0 unspecified atom stereocenters. The minimum Gasteiger partial charge on any atom is -0.309 e. The summed E-state index contributed by atoms with van der Waals surface area (Å²) in [4.78, 5) is 20.6. The van der Waals surface area contributed by atoms with Crippen molar-refractivity contribution >= 4 is 43.6 Å². The average molecular weight is 717 g/mol. The summed E-state index contributed by atoms with van der Waals surface area (Å²) in [7, 11) is 0. The Bertz CT molecular complexity index is 3170. The van der Waals surface area contributed by atoms with Gasteiger partial charge in [-0.3, -0.25) is 4.57 Å². The van der Waals surface area contributed by atoms with Crippen molar-refractivity contribution in [2.24, 2.45) is 0 Å². The summed E-state index contributed by atoms with van der Waals surface area (Å²) in [6, 6.07) is 67.3. The van der Waals surface area contributed by atoms with Crippen LogP contribution in [-0.4, -0.2) is 29.1 Å². The molecule has 6 heteroatoms. The van der Waals surface area contributed by atoms with Crippen molar-refractivity contribution in [1.29, 1.82) is 0 Å². The van der Waals surface area contributed by atoms with E-state index in [2.05, 4.69) is 143 Å². The molecule has 0 fully saturated rings. The average Bonchev–Trinajstić information content (AvgIpc) is 3.84. The number of para-hydroxylation sites is 3. The molecule has 0 saturated carbocycles. The van der Waals surface area contributed by atoms with Gasteiger partial charge in [0.15, 0.2) is 17.5 Å². The van der Waals surface area contributed by atoms with E-state index in [1.165, 1.54) is 10.8 Å². The zero-order chi connectivity index (χ0) is 37.0. The van der Waals surface area contributed by atoms with Crippen LogP contribution in [0.15, 0.2) is 194 Å². The summed E-state index contributed by atoms with van der Waals surface area (Å²) in [5.41, 5.74) is 10.2. The summed E-state index contributed by atoms with van der Waals surface area (Å²) in [6.07, 6.45) is 0. The Morgan fingerprint density at radius 2 is 0.821 bits per heavy atom. The van der Waals surface area contributed by atoms with E-state index in [4.69, 9.17) is 19.9 Å². The largest absolute Gasteiger partial charge is 0.309 e. The molecule has 0 aliphatic carbocycles. The van der Waals surface area contributed by atoms with Gasteiger partial charge in [0.25, 0.3) is 0 Å². The molecule has 11 rings (SSSR count). The van der Waals surface area contributed by atoms with Crippen LogP contribution >= 0.6 is 0 Å². The molecule has 0 aliphatic heterocycles. The lowest BCUT2D eigenvalue weighted by atomic mass is 10.0. The molecule has 8 aromatic carbocycles. The minimum absolute atomic E-state index is 0.600. The second-order valence-electron chi connectivity index (χ2n) is 13.9. The number of fused-ring (bicyclic) bond motifs is 7. The van der Waals surface area contributed by atoms with Gasteiger partial charge in [-0.25, -0.2) is 19.9 Å². The van der Waals surface area contributed by atoms with Gasteiger partial charge in [-0.1, -0.05) is 146 Å². The Hall–Kier alpha value is -7.70. The van der Waals surface area contributed by atoms with Crippen LogP contribution in [0.1, 0.15) is 0 Å². The van der Waals surface area contributed by atoms with Crippen molar-refractivity contribution in [3.8, 4) is 56.9 Å². The van der Waals surface area contributed by atoms with Crippen LogP contribution in [0.5, 0.6) is 0 Å². The van der Waals surface area contributed by atoms with E-state index >= 15 is 0 Å². The van der Waals surface area contributed by atoms with Crippen LogP contribution < -0.4 is 0 Å². The number of nitrogens with zero attached hydrogens (tertiary/aromatic N) is 6. The number of imidazole rings is 1. The van der Waals surface area contributed by atoms with Gasteiger partial charge in [0.05, 0.1) is 22.1 Å². The monoisotopic (exact) mass is 716 g/mol. The Balaban J connectivity index is 1.17. The van der Waals surface area contributed by atoms with Crippen molar-refractivity contribution in [3.63, 3.8) is 0 Å². The van der Waals surface area contributed by atoms with Crippen molar-refractivity contribution in [2.45, 2.75) is 0 Å². The number of hydrogen-bond donors (Lipinski definition) is 0. The third-order valence-corrected chi connectivity index (χ3v) is 10.5. The van der Waals surface area contributed by atoms with Gasteiger partial charge >= 0.3 is 0 Å². The molecule has 0 saturated heterocycles. The van der Waals surface area contributed by atoms with Gasteiger partial charge in [-0.05, 0) is 53.9 Å². The molecule has 262 valence electrons. The molecule has 0 bridgehead atoms. The molecular weight excluding hydrogens is 685 g/mol. The van der Waals surface area contributed by atoms with E-state index in [9.17, 15) is 0 Å². The second kappa shape index (κ2) is 13.0. The van der Waals surface area contributed by atoms with E-state index in [0.29, 0.717) is 17.5 Å². The minimum atomic E-state index is 0.600. The highest BCUT2D eigenvalue weighted by atomic mass is 15.1. The summed E-state index contributed by atoms with van der Waals surface area (Å²) in [6.45, 7) is 0. The molecule has 0 spiro atoms. The van der Waals surface area contributed by atoms with Crippen molar-refractivity contribution < 1.29 is 0 Å². The smallest absolute Gasteiger partial charge is 0.164 e. The SMILES string of the molecule is c1ccc(-c2nc(-c3ccccc3)nc(-c3cccc(-c4nc5c6c(ccc5n4-c4ccccc4)ccc4c6c5ccccc5n4-c4ccccc4)c3)n2)cc1. The van der Waals surface area contributed by atoms with E-state index in [1.54, 1.807) is 0 Å². The summed E-state index contributed by atoms with van der Waals surface area (Å²) < 4.78 is 4.64. The Morgan fingerprint density at radius 1 is 0.321 bits per heavy atom. The van der Waals surface area contributed by atoms with Gasteiger partial charge in [0, 0.05) is 49.8 Å². The molecule has 3 aromatic heterocycles. The van der Waals surface area contributed by atoms with Crippen molar-refractivity contribution in [2.75, 3.05) is 0 Å². The van der Waals surface area contributed by atoms with Gasteiger partial charge in [0.1, 0.15) is 5.82 Å². The Morgan fingerprint density at radius 3 is 1.46 bits per heavy atom. The lowest BCUT2D eigenvalue weighted by molar-refractivity contribution is 1.07. The van der Waals surface area contributed by atoms with Crippen LogP contribution in [0.3, 0.4) is 0 Å². The molecular formula is C50H32N6. The summed E-state index contributed by atoms with van der Waals surface area (Å²) in [5, 5.41) is 4.67. The molecule has 11 aromatic rings. The van der Waals surface area contributed by atoms with Crippen LogP contribution in [0.4, 0.5) is 0 Å². The Labute approximate surface area is 322 Å². The molecule has 0 N–H and O–H groups in total. The summed E-state index contributed by atoms with van der Waals surface area (Å²) in [5.74, 6) is 2.69. The first-order chi connectivity index (χ1) is 27.8. The van der Waals surface area contributed by atoms with Gasteiger partial charge < -0.3 is 4.57 Å². The predicted molar refractivity (Wildman–Crippen MR) is 228 cm³/mol. The number of benzene rings is 8. The highest BCUT2D eigenvalue weighted by molar-refractivity contribution is 6.27. The molecule has 3 heterocycles. The van der Waals surface area contributed by atoms with E-state index in [0.717, 1.165) is 72.3 Å². The molecule has 0 atom stereocenters. The zero-order valence-electron chi connectivity index (χ0n) is 30.2. The van der Waals surface area contributed by atoms with E-state index < -0.39 is 0 Å². The Kier molecular flexibility index (Phi) is 7.38. The third-order valence-electron chi connectivity index (χ3n) is 10.5. The maximum absolute atomic E-state index is 5.59. The normalized spacial score (nSPS) is 11.6. The maximum Gasteiger partial charge on any atom is 0.164 e. The number of aromatic nitrogens is 6. The highest BCUT2D eigenvalue weighted by Crippen LogP contribution is 2.41. The lowest BCUT2D eigenvalue weighted by Gasteiger charge is -2.12. The fourth-order valence-electron chi connectivity index (χ4n) is 8.03. The predicted octanol–water partition coefficient (Wildman–Crippen LogP) is 12.1. The second-order valence-corrected chi connectivity index (χ2v) is 13.9. The first kappa shape index (κ1) is 31.8. The zero-order valence-corrected chi connectivity index (χ0v) is 30.2. The number of rotatable bonds is 6. The van der Waals surface area contributed by atoms with E-state index in [1.807, 2.05) is 60.7 Å². The van der Waals surface area contributed by atoms with Gasteiger partial charge in [-0.2, -0.15) is 0 Å². The molecule has 0 radical (unpaired) electrons. The van der Waals surface area contributed by atoms with Crippen LogP contribution in [-0.2, 0) is 0 Å².